The summed E-state index contributed by atoms with van der Waals surface area (Å²) in [6.07, 6.45) is 1.62. The number of rotatable bonds is 5. The zero-order chi connectivity index (χ0) is 21.1. The van der Waals surface area contributed by atoms with Crippen LogP contribution < -0.4 is 10.5 Å². The standard InChI is InChI=1S/C24H19N3O3/c1-16-11-13-17(14-12-16)22-20(15-27(26-22)18-7-3-2-4-8-18)24(29)30-21-10-6-5-9-19(21)23(25)28/h2-15H,1H3,(H2,25,28). The van der Waals surface area contributed by atoms with E-state index in [1.165, 1.54) is 12.1 Å². The van der Waals surface area contributed by atoms with Crippen LogP contribution in [0.15, 0.2) is 85.1 Å². The van der Waals surface area contributed by atoms with E-state index in [-0.39, 0.29) is 16.9 Å². The molecule has 4 rings (SSSR count). The van der Waals surface area contributed by atoms with Crippen molar-refractivity contribution < 1.29 is 14.3 Å². The number of aromatic nitrogens is 2. The van der Waals surface area contributed by atoms with Gasteiger partial charge < -0.3 is 10.5 Å². The maximum absolute atomic E-state index is 13.1. The average molecular weight is 397 g/mol. The molecule has 0 bridgehead atoms. The number of benzene rings is 3. The summed E-state index contributed by atoms with van der Waals surface area (Å²) >= 11 is 0. The van der Waals surface area contributed by atoms with Gasteiger partial charge in [-0.25, -0.2) is 9.48 Å². The molecule has 1 heterocycles. The second kappa shape index (κ2) is 8.05. The van der Waals surface area contributed by atoms with E-state index in [1.807, 2.05) is 61.5 Å². The second-order valence-corrected chi connectivity index (χ2v) is 6.79. The Hall–Kier alpha value is -4.19. The van der Waals surface area contributed by atoms with Crippen molar-refractivity contribution in [3.05, 3.63) is 102 Å². The first kappa shape index (κ1) is 19.1. The van der Waals surface area contributed by atoms with E-state index in [0.29, 0.717) is 5.69 Å². The van der Waals surface area contributed by atoms with Crippen molar-refractivity contribution in [1.29, 1.82) is 0 Å². The van der Waals surface area contributed by atoms with Gasteiger partial charge in [-0.15, -0.1) is 0 Å². The molecule has 0 saturated heterocycles. The summed E-state index contributed by atoms with van der Waals surface area (Å²) in [6.45, 7) is 1.99. The lowest BCUT2D eigenvalue weighted by atomic mass is 10.1. The third-order valence-electron chi connectivity index (χ3n) is 4.64. The van der Waals surface area contributed by atoms with Crippen LogP contribution >= 0.6 is 0 Å². The summed E-state index contributed by atoms with van der Waals surface area (Å²) < 4.78 is 7.17. The number of nitrogens with zero attached hydrogens (tertiary/aromatic N) is 2. The van der Waals surface area contributed by atoms with Gasteiger partial charge in [0, 0.05) is 11.8 Å². The highest BCUT2D eigenvalue weighted by molar-refractivity contribution is 6.00. The monoisotopic (exact) mass is 397 g/mol. The lowest BCUT2D eigenvalue weighted by Gasteiger charge is -2.08. The van der Waals surface area contributed by atoms with Gasteiger partial charge in [0.05, 0.1) is 11.3 Å². The zero-order valence-electron chi connectivity index (χ0n) is 16.3. The largest absolute Gasteiger partial charge is 0.422 e. The number of esters is 1. The van der Waals surface area contributed by atoms with Crippen molar-refractivity contribution in [2.45, 2.75) is 6.92 Å². The predicted molar refractivity (Wildman–Crippen MR) is 114 cm³/mol. The molecule has 4 aromatic rings. The molecule has 6 nitrogen and oxygen atoms in total. The number of primary amides is 1. The fraction of sp³-hybridized carbons (Fsp3) is 0.0417. The highest BCUT2D eigenvalue weighted by Gasteiger charge is 2.22. The van der Waals surface area contributed by atoms with Crippen LogP contribution in [-0.4, -0.2) is 21.7 Å². The van der Waals surface area contributed by atoms with Crippen LogP contribution in [0.5, 0.6) is 5.75 Å². The van der Waals surface area contributed by atoms with Crippen LogP contribution in [0.1, 0.15) is 26.3 Å². The van der Waals surface area contributed by atoms with Gasteiger partial charge in [0.15, 0.2) is 0 Å². The topological polar surface area (TPSA) is 87.2 Å². The van der Waals surface area contributed by atoms with Crippen molar-refractivity contribution >= 4 is 11.9 Å². The van der Waals surface area contributed by atoms with Gasteiger partial charge >= 0.3 is 5.97 Å². The molecular weight excluding hydrogens is 378 g/mol. The Morgan fingerprint density at radius 1 is 0.867 bits per heavy atom. The lowest BCUT2D eigenvalue weighted by Crippen LogP contribution is -2.16. The van der Waals surface area contributed by atoms with Crippen molar-refractivity contribution in [3.63, 3.8) is 0 Å². The van der Waals surface area contributed by atoms with Gasteiger partial charge in [0.25, 0.3) is 5.91 Å². The molecule has 30 heavy (non-hydrogen) atoms. The predicted octanol–water partition coefficient (Wildman–Crippen LogP) is 4.17. The smallest absolute Gasteiger partial charge is 0.347 e. The van der Waals surface area contributed by atoms with Crippen LogP contribution in [0.4, 0.5) is 0 Å². The summed E-state index contributed by atoms with van der Waals surface area (Å²) in [7, 11) is 0. The molecule has 0 saturated carbocycles. The van der Waals surface area contributed by atoms with Crippen molar-refractivity contribution in [2.24, 2.45) is 5.73 Å². The molecule has 2 N–H and O–H groups in total. The molecule has 148 valence electrons. The molecule has 6 heteroatoms. The molecule has 0 aliphatic rings. The fourth-order valence-corrected chi connectivity index (χ4v) is 3.07. The normalized spacial score (nSPS) is 10.6. The molecule has 0 spiro atoms. The Labute approximate surface area is 173 Å². The first-order valence-corrected chi connectivity index (χ1v) is 9.36. The number of aryl methyl sites for hydroxylation is 1. The molecule has 0 unspecified atom stereocenters. The number of para-hydroxylation sites is 2. The van der Waals surface area contributed by atoms with Crippen molar-refractivity contribution in [1.82, 2.24) is 9.78 Å². The minimum atomic E-state index is -0.669. The molecule has 0 aliphatic heterocycles. The van der Waals surface area contributed by atoms with E-state index in [4.69, 9.17) is 10.5 Å². The summed E-state index contributed by atoms with van der Waals surface area (Å²) in [6, 6.07) is 23.6. The molecule has 0 aliphatic carbocycles. The first-order valence-electron chi connectivity index (χ1n) is 9.36. The zero-order valence-corrected chi connectivity index (χ0v) is 16.3. The van der Waals surface area contributed by atoms with E-state index in [2.05, 4.69) is 5.10 Å². The average Bonchev–Trinajstić information content (AvgIpc) is 3.21. The Morgan fingerprint density at radius 2 is 1.53 bits per heavy atom. The molecule has 1 aromatic heterocycles. The number of carbonyl (C=O) groups excluding carboxylic acids is 2. The number of carbonyl (C=O) groups is 2. The Balaban J connectivity index is 1.78. The SMILES string of the molecule is Cc1ccc(-c2nn(-c3ccccc3)cc2C(=O)Oc2ccccc2C(N)=O)cc1. The van der Waals surface area contributed by atoms with Crippen molar-refractivity contribution in [3.8, 4) is 22.7 Å². The van der Waals surface area contributed by atoms with Gasteiger partial charge in [0.1, 0.15) is 17.0 Å². The number of nitrogens with two attached hydrogens (primary N) is 1. The maximum Gasteiger partial charge on any atom is 0.347 e. The molecule has 1 amide bonds. The highest BCUT2D eigenvalue weighted by atomic mass is 16.5. The van der Waals surface area contributed by atoms with E-state index in [1.54, 1.807) is 23.0 Å². The Morgan fingerprint density at radius 3 is 2.23 bits per heavy atom. The van der Waals surface area contributed by atoms with Gasteiger partial charge in [0.2, 0.25) is 0 Å². The lowest BCUT2D eigenvalue weighted by molar-refractivity contribution is 0.0733. The molecular formula is C24H19N3O3. The van der Waals surface area contributed by atoms with Gasteiger partial charge in [-0.05, 0) is 31.2 Å². The number of hydrogen-bond acceptors (Lipinski definition) is 4. The van der Waals surface area contributed by atoms with Crippen LogP contribution in [0.3, 0.4) is 0 Å². The maximum atomic E-state index is 13.1. The molecule has 3 aromatic carbocycles. The van der Waals surface area contributed by atoms with E-state index >= 15 is 0 Å². The summed E-state index contributed by atoms with van der Waals surface area (Å²) in [5.74, 6) is -1.18. The Bertz CT molecular complexity index is 1210. The third kappa shape index (κ3) is 3.84. The summed E-state index contributed by atoms with van der Waals surface area (Å²) in [4.78, 5) is 24.7. The van der Waals surface area contributed by atoms with Crippen LogP contribution in [0, 0.1) is 6.92 Å². The fourth-order valence-electron chi connectivity index (χ4n) is 3.07. The third-order valence-corrected chi connectivity index (χ3v) is 4.64. The first-order chi connectivity index (χ1) is 14.5. The van der Waals surface area contributed by atoms with Gasteiger partial charge in [-0.3, -0.25) is 4.79 Å². The molecule has 0 radical (unpaired) electrons. The van der Waals surface area contributed by atoms with E-state index in [0.717, 1.165) is 16.8 Å². The number of amides is 1. The van der Waals surface area contributed by atoms with E-state index in [9.17, 15) is 9.59 Å². The minimum Gasteiger partial charge on any atom is -0.422 e. The van der Waals surface area contributed by atoms with Crippen molar-refractivity contribution in [2.75, 3.05) is 0 Å². The minimum absolute atomic E-state index is 0.109. The number of ether oxygens (including phenoxy) is 1. The highest BCUT2D eigenvalue weighted by Crippen LogP contribution is 2.26. The number of hydrogen-bond donors (Lipinski definition) is 1. The quantitative estimate of drug-likeness (QED) is 0.404. The summed E-state index contributed by atoms with van der Waals surface area (Å²) in [5, 5.41) is 4.62. The van der Waals surface area contributed by atoms with Crippen LogP contribution in [-0.2, 0) is 0 Å². The van der Waals surface area contributed by atoms with Gasteiger partial charge in [-0.2, -0.15) is 5.10 Å². The Kier molecular flexibility index (Phi) is 5.13. The van der Waals surface area contributed by atoms with Gasteiger partial charge in [-0.1, -0.05) is 60.2 Å². The van der Waals surface area contributed by atoms with Crippen LogP contribution in [0.25, 0.3) is 16.9 Å². The molecule has 0 fully saturated rings. The second-order valence-electron chi connectivity index (χ2n) is 6.79. The van der Waals surface area contributed by atoms with Crippen LogP contribution in [0.2, 0.25) is 0 Å². The molecule has 0 atom stereocenters. The summed E-state index contributed by atoms with van der Waals surface area (Å²) in [5.41, 5.74) is 8.99. The van der Waals surface area contributed by atoms with E-state index < -0.39 is 11.9 Å².